The summed E-state index contributed by atoms with van der Waals surface area (Å²) >= 11 is 0. The highest BCUT2D eigenvalue weighted by Crippen LogP contribution is 2.39. The maximum atomic E-state index is 12.8. The fourth-order valence-corrected chi connectivity index (χ4v) is 5.46. The van der Waals surface area contributed by atoms with Gasteiger partial charge in [-0.15, -0.1) is 0 Å². The van der Waals surface area contributed by atoms with Gasteiger partial charge in [-0.05, 0) is 48.6 Å². The second-order valence-corrected chi connectivity index (χ2v) is 10.5. The normalized spacial score (nSPS) is 16.0. The van der Waals surface area contributed by atoms with Crippen molar-refractivity contribution in [3.05, 3.63) is 59.4 Å². The molecular weight excluding hydrogens is 426 g/mol. The van der Waals surface area contributed by atoms with Gasteiger partial charge in [-0.25, -0.2) is 13.6 Å². The molecule has 0 aliphatic carbocycles. The molecule has 1 aliphatic rings. The van der Waals surface area contributed by atoms with E-state index in [0.717, 1.165) is 28.7 Å². The number of carbonyl (C=O) groups is 1. The third kappa shape index (κ3) is 3.84. The van der Waals surface area contributed by atoms with Crippen molar-refractivity contribution in [2.45, 2.75) is 45.6 Å². The molecule has 1 amide bonds. The Labute approximate surface area is 188 Å². The molecule has 1 fully saturated rings. The molecular formula is C24H27N3O4S. The van der Waals surface area contributed by atoms with E-state index in [1.807, 2.05) is 49.9 Å². The third-order valence-electron chi connectivity index (χ3n) is 6.38. The van der Waals surface area contributed by atoms with Crippen LogP contribution in [0.15, 0.2) is 52.1 Å². The summed E-state index contributed by atoms with van der Waals surface area (Å²) in [6.45, 7) is 8.56. The molecule has 0 bridgehead atoms. The van der Waals surface area contributed by atoms with Gasteiger partial charge in [0.25, 0.3) is 0 Å². The largest absolute Gasteiger partial charge is 0.364 e. The lowest BCUT2D eigenvalue weighted by Gasteiger charge is -2.23. The highest BCUT2D eigenvalue weighted by molar-refractivity contribution is 7.89. The SMILES string of the molecule is Cc1c(-c2ccon2)cc(-c2ccccc2CN2CCC(C)(C)C2=O)c(S(N)(=O)=O)c1C. The number of benzene rings is 2. The predicted octanol–water partition coefficient (Wildman–Crippen LogP) is 4.03. The number of nitrogens with zero attached hydrogens (tertiary/aromatic N) is 2. The monoisotopic (exact) mass is 453 g/mol. The predicted molar refractivity (Wildman–Crippen MR) is 122 cm³/mol. The van der Waals surface area contributed by atoms with Crippen LogP contribution in [0.5, 0.6) is 0 Å². The first-order valence-electron chi connectivity index (χ1n) is 10.5. The zero-order valence-corrected chi connectivity index (χ0v) is 19.5. The summed E-state index contributed by atoms with van der Waals surface area (Å²) in [5.41, 5.74) is 4.40. The quantitative estimate of drug-likeness (QED) is 0.628. The summed E-state index contributed by atoms with van der Waals surface area (Å²) in [5.74, 6) is 0.0994. The lowest BCUT2D eigenvalue weighted by atomic mass is 9.91. The van der Waals surface area contributed by atoms with Crippen molar-refractivity contribution >= 4 is 15.9 Å². The molecule has 3 aromatic rings. The molecule has 1 saturated heterocycles. The fourth-order valence-electron chi connectivity index (χ4n) is 4.41. The highest BCUT2D eigenvalue weighted by atomic mass is 32.2. The van der Waals surface area contributed by atoms with Gasteiger partial charge >= 0.3 is 0 Å². The minimum absolute atomic E-state index is 0.0859. The molecule has 4 rings (SSSR count). The molecule has 32 heavy (non-hydrogen) atoms. The van der Waals surface area contributed by atoms with E-state index in [0.29, 0.717) is 29.9 Å². The Morgan fingerprint density at radius 1 is 1.09 bits per heavy atom. The summed E-state index contributed by atoms with van der Waals surface area (Å²) in [6.07, 6.45) is 2.27. The van der Waals surface area contributed by atoms with E-state index in [-0.39, 0.29) is 16.2 Å². The number of primary sulfonamides is 1. The Balaban J connectivity index is 1.92. The highest BCUT2D eigenvalue weighted by Gasteiger charge is 2.38. The van der Waals surface area contributed by atoms with Crippen LogP contribution in [-0.2, 0) is 21.4 Å². The molecule has 0 atom stereocenters. The van der Waals surface area contributed by atoms with Crippen LogP contribution < -0.4 is 5.14 Å². The Morgan fingerprint density at radius 3 is 2.41 bits per heavy atom. The molecule has 0 saturated carbocycles. The molecule has 1 aliphatic heterocycles. The van der Waals surface area contributed by atoms with Crippen molar-refractivity contribution in [1.29, 1.82) is 0 Å². The molecule has 168 valence electrons. The maximum Gasteiger partial charge on any atom is 0.238 e. The number of sulfonamides is 1. The van der Waals surface area contributed by atoms with Crippen molar-refractivity contribution < 1.29 is 17.7 Å². The Hall–Kier alpha value is -2.97. The number of hydrogen-bond donors (Lipinski definition) is 1. The van der Waals surface area contributed by atoms with E-state index in [1.54, 1.807) is 19.1 Å². The summed E-state index contributed by atoms with van der Waals surface area (Å²) in [6, 6.07) is 11.1. The van der Waals surface area contributed by atoms with Crippen molar-refractivity contribution in [3.8, 4) is 22.4 Å². The van der Waals surface area contributed by atoms with Crippen molar-refractivity contribution in [3.63, 3.8) is 0 Å². The van der Waals surface area contributed by atoms with Gasteiger partial charge in [0.1, 0.15) is 12.0 Å². The Morgan fingerprint density at radius 2 is 1.81 bits per heavy atom. The third-order valence-corrected chi connectivity index (χ3v) is 7.48. The smallest absolute Gasteiger partial charge is 0.238 e. The molecule has 8 heteroatoms. The molecule has 2 heterocycles. The van der Waals surface area contributed by atoms with E-state index in [2.05, 4.69) is 5.16 Å². The van der Waals surface area contributed by atoms with Crippen LogP contribution in [-0.4, -0.2) is 30.9 Å². The van der Waals surface area contributed by atoms with Gasteiger partial charge in [0.05, 0.1) is 4.90 Å². The summed E-state index contributed by atoms with van der Waals surface area (Å²) in [7, 11) is -4.02. The molecule has 0 spiro atoms. The number of rotatable bonds is 5. The van der Waals surface area contributed by atoms with E-state index in [4.69, 9.17) is 9.66 Å². The van der Waals surface area contributed by atoms with Gasteiger partial charge in [-0.2, -0.15) is 0 Å². The van der Waals surface area contributed by atoms with Crippen LogP contribution in [0.25, 0.3) is 22.4 Å². The zero-order valence-electron chi connectivity index (χ0n) is 18.7. The van der Waals surface area contributed by atoms with Crippen molar-refractivity contribution in [1.82, 2.24) is 10.1 Å². The first-order valence-corrected chi connectivity index (χ1v) is 12.0. The fraction of sp³-hybridized carbons (Fsp3) is 0.333. The van der Waals surface area contributed by atoms with Gasteiger partial charge in [0.2, 0.25) is 15.9 Å². The van der Waals surface area contributed by atoms with Crippen molar-refractivity contribution in [2.75, 3.05) is 6.54 Å². The summed E-state index contributed by atoms with van der Waals surface area (Å²) in [5, 5.41) is 9.72. The van der Waals surface area contributed by atoms with Crippen LogP contribution in [0, 0.1) is 19.3 Å². The first-order chi connectivity index (χ1) is 15.0. The summed E-state index contributed by atoms with van der Waals surface area (Å²) in [4.78, 5) is 14.7. The van der Waals surface area contributed by atoms with Crippen LogP contribution in [0.2, 0.25) is 0 Å². The van der Waals surface area contributed by atoms with Crippen LogP contribution in [0.1, 0.15) is 37.0 Å². The Kier molecular flexibility index (Phi) is 5.46. The minimum Gasteiger partial charge on any atom is -0.364 e. The van der Waals surface area contributed by atoms with Crippen molar-refractivity contribution in [2.24, 2.45) is 10.6 Å². The van der Waals surface area contributed by atoms with E-state index >= 15 is 0 Å². The second kappa shape index (κ2) is 7.86. The molecule has 0 radical (unpaired) electrons. The average molecular weight is 454 g/mol. The number of likely N-dealkylation sites (tertiary alicyclic amines) is 1. The summed E-state index contributed by atoms with van der Waals surface area (Å²) < 4.78 is 30.4. The topological polar surface area (TPSA) is 106 Å². The number of aromatic nitrogens is 1. The minimum atomic E-state index is -4.02. The standard InChI is InChI=1S/C24H27N3O4S/c1-15-16(2)22(32(25,29)30)20(13-19(15)21-9-12-31-26-21)18-8-6-5-7-17(18)14-27-11-10-24(3,4)23(27)28/h5-9,12-13H,10-11,14H2,1-4H3,(H2,25,29,30). The lowest BCUT2D eigenvalue weighted by Crippen LogP contribution is -2.30. The number of hydrogen-bond acceptors (Lipinski definition) is 5. The van der Waals surface area contributed by atoms with E-state index in [1.165, 1.54) is 6.26 Å². The molecule has 2 aromatic carbocycles. The second-order valence-electron chi connectivity index (χ2n) is 9.00. The lowest BCUT2D eigenvalue weighted by molar-refractivity contribution is -0.135. The molecule has 2 N–H and O–H groups in total. The van der Waals surface area contributed by atoms with E-state index in [9.17, 15) is 13.2 Å². The molecule has 1 aromatic heterocycles. The average Bonchev–Trinajstić information content (AvgIpc) is 3.34. The van der Waals surface area contributed by atoms with Gasteiger partial charge < -0.3 is 9.42 Å². The number of amides is 1. The first kappa shape index (κ1) is 22.2. The van der Waals surface area contributed by atoms with E-state index < -0.39 is 10.0 Å². The van der Waals surface area contributed by atoms with Crippen LogP contribution in [0.4, 0.5) is 0 Å². The number of carbonyl (C=O) groups excluding carboxylic acids is 1. The van der Waals surface area contributed by atoms with Crippen LogP contribution >= 0.6 is 0 Å². The Bertz CT molecular complexity index is 1300. The maximum absolute atomic E-state index is 12.8. The molecule has 7 nitrogen and oxygen atoms in total. The van der Waals surface area contributed by atoms with Gasteiger partial charge in [0.15, 0.2) is 0 Å². The van der Waals surface area contributed by atoms with Gasteiger partial charge in [-0.1, -0.05) is 43.3 Å². The number of nitrogens with two attached hydrogens (primary N) is 1. The molecule has 0 unspecified atom stereocenters. The van der Waals surface area contributed by atoms with Gasteiger partial charge in [-0.3, -0.25) is 4.79 Å². The van der Waals surface area contributed by atoms with Gasteiger partial charge in [0, 0.05) is 35.7 Å². The zero-order chi connectivity index (χ0) is 23.3. The van der Waals surface area contributed by atoms with Crippen LogP contribution in [0.3, 0.4) is 0 Å².